The molecule has 7 nitrogen and oxygen atoms in total. The minimum absolute atomic E-state index is 0.0880. The van der Waals surface area contributed by atoms with E-state index < -0.39 is 4.92 Å². The predicted molar refractivity (Wildman–Crippen MR) is 61.2 cm³/mol. The Labute approximate surface area is 102 Å². The SMILES string of the molecule is O=[N+]([O-])c1c(Cl)ncnc1N(CCO)C1CC1. The molecule has 0 atom stereocenters. The fourth-order valence-electron chi connectivity index (χ4n) is 1.67. The Morgan fingerprint density at radius 2 is 2.29 bits per heavy atom. The lowest BCUT2D eigenvalue weighted by atomic mass is 10.4. The lowest BCUT2D eigenvalue weighted by Gasteiger charge is -2.21. The van der Waals surface area contributed by atoms with Crippen LogP contribution in [-0.2, 0) is 0 Å². The molecular formula is C9H11ClN4O3. The molecule has 0 unspecified atom stereocenters. The Balaban J connectivity index is 2.41. The van der Waals surface area contributed by atoms with Gasteiger partial charge in [0, 0.05) is 12.6 Å². The van der Waals surface area contributed by atoms with Crippen LogP contribution in [0.25, 0.3) is 0 Å². The average Bonchev–Trinajstić information content (AvgIpc) is 3.08. The summed E-state index contributed by atoms with van der Waals surface area (Å²) in [4.78, 5) is 19.6. The number of hydrogen-bond donors (Lipinski definition) is 1. The van der Waals surface area contributed by atoms with Crippen LogP contribution in [0.5, 0.6) is 0 Å². The maximum atomic E-state index is 10.9. The third-order valence-corrected chi connectivity index (χ3v) is 2.82. The van der Waals surface area contributed by atoms with Crippen LogP contribution in [0, 0.1) is 10.1 Å². The van der Waals surface area contributed by atoms with Crippen LogP contribution >= 0.6 is 11.6 Å². The van der Waals surface area contributed by atoms with Crippen molar-refractivity contribution in [3.8, 4) is 0 Å². The van der Waals surface area contributed by atoms with Crippen LogP contribution in [0.4, 0.5) is 11.5 Å². The van der Waals surface area contributed by atoms with Crippen LogP contribution in [0.15, 0.2) is 6.33 Å². The van der Waals surface area contributed by atoms with Crippen LogP contribution in [-0.4, -0.2) is 39.2 Å². The van der Waals surface area contributed by atoms with Gasteiger partial charge in [-0.2, -0.15) is 0 Å². The first-order valence-electron chi connectivity index (χ1n) is 5.17. The molecule has 1 aliphatic rings. The third-order valence-electron chi connectivity index (χ3n) is 2.54. The first-order chi connectivity index (χ1) is 8.15. The van der Waals surface area contributed by atoms with E-state index in [9.17, 15) is 10.1 Å². The zero-order valence-electron chi connectivity index (χ0n) is 8.91. The van der Waals surface area contributed by atoms with Gasteiger partial charge in [-0.1, -0.05) is 11.6 Å². The number of hydrogen-bond acceptors (Lipinski definition) is 6. The molecular weight excluding hydrogens is 248 g/mol. The summed E-state index contributed by atoms with van der Waals surface area (Å²) in [6.45, 7) is 0.216. The van der Waals surface area contributed by atoms with Gasteiger partial charge in [0.25, 0.3) is 0 Å². The van der Waals surface area contributed by atoms with Crippen molar-refractivity contribution in [1.29, 1.82) is 0 Å². The van der Waals surface area contributed by atoms with E-state index >= 15 is 0 Å². The number of halogens is 1. The second kappa shape index (κ2) is 4.80. The molecule has 1 aromatic rings. The van der Waals surface area contributed by atoms with E-state index in [1.807, 2.05) is 0 Å². The molecule has 2 rings (SSSR count). The molecule has 1 N–H and O–H groups in total. The molecule has 0 aliphatic heterocycles. The van der Waals surface area contributed by atoms with E-state index in [2.05, 4.69) is 9.97 Å². The van der Waals surface area contributed by atoms with E-state index in [1.165, 1.54) is 6.33 Å². The Morgan fingerprint density at radius 3 is 2.82 bits per heavy atom. The van der Waals surface area contributed by atoms with E-state index in [1.54, 1.807) is 4.90 Å². The van der Waals surface area contributed by atoms with Gasteiger partial charge in [0.05, 0.1) is 11.5 Å². The smallest absolute Gasteiger partial charge is 0.348 e. The number of aliphatic hydroxyl groups excluding tert-OH is 1. The van der Waals surface area contributed by atoms with E-state index in [4.69, 9.17) is 16.7 Å². The Bertz CT molecular complexity index is 438. The Hall–Kier alpha value is -1.47. The van der Waals surface area contributed by atoms with Gasteiger partial charge in [-0.25, -0.2) is 9.97 Å². The topological polar surface area (TPSA) is 92.4 Å². The zero-order chi connectivity index (χ0) is 12.4. The van der Waals surface area contributed by atoms with Gasteiger partial charge in [0.15, 0.2) is 0 Å². The Morgan fingerprint density at radius 1 is 1.59 bits per heavy atom. The van der Waals surface area contributed by atoms with Gasteiger partial charge in [0.2, 0.25) is 11.0 Å². The highest BCUT2D eigenvalue weighted by Crippen LogP contribution is 2.37. The lowest BCUT2D eigenvalue weighted by molar-refractivity contribution is -0.384. The van der Waals surface area contributed by atoms with Gasteiger partial charge >= 0.3 is 5.69 Å². The first-order valence-corrected chi connectivity index (χ1v) is 5.55. The highest BCUT2D eigenvalue weighted by atomic mass is 35.5. The molecule has 1 fully saturated rings. The molecule has 1 aliphatic carbocycles. The molecule has 92 valence electrons. The van der Waals surface area contributed by atoms with Crippen molar-refractivity contribution in [2.45, 2.75) is 18.9 Å². The van der Waals surface area contributed by atoms with Crippen molar-refractivity contribution >= 4 is 23.1 Å². The molecule has 8 heteroatoms. The van der Waals surface area contributed by atoms with E-state index in [-0.39, 0.29) is 29.3 Å². The standard InChI is InChI=1S/C9H11ClN4O3/c10-8-7(14(16)17)9(12-5-11-8)13(3-4-15)6-1-2-6/h5-6,15H,1-4H2. The third kappa shape index (κ3) is 2.45. The van der Waals surface area contributed by atoms with Crippen molar-refractivity contribution in [2.24, 2.45) is 0 Å². The highest BCUT2D eigenvalue weighted by Gasteiger charge is 2.35. The molecule has 0 bridgehead atoms. The summed E-state index contributed by atoms with van der Waals surface area (Å²) in [6, 6.07) is 0.201. The quantitative estimate of drug-likeness (QED) is 0.481. The summed E-state index contributed by atoms with van der Waals surface area (Å²) in [6.07, 6.45) is 3.08. The summed E-state index contributed by atoms with van der Waals surface area (Å²) in [5, 5.41) is 19.8. The van der Waals surface area contributed by atoms with Crippen molar-refractivity contribution < 1.29 is 10.0 Å². The van der Waals surface area contributed by atoms with E-state index in [0.29, 0.717) is 6.54 Å². The monoisotopic (exact) mass is 258 g/mol. The van der Waals surface area contributed by atoms with Crippen LogP contribution < -0.4 is 4.90 Å². The van der Waals surface area contributed by atoms with Crippen LogP contribution in [0.1, 0.15) is 12.8 Å². The summed E-state index contributed by atoms with van der Waals surface area (Å²) in [5.74, 6) is 0.187. The predicted octanol–water partition coefficient (Wildman–Crippen LogP) is 0.999. The molecule has 1 heterocycles. The summed E-state index contributed by atoms with van der Waals surface area (Å²) in [7, 11) is 0. The molecule has 0 aromatic carbocycles. The average molecular weight is 259 g/mol. The Kier molecular flexibility index (Phi) is 3.39. The lowest BCUT2D eigenvalue weighted by Crippen LogP contribution is -2.30. The van der Waals surface area contributed by atoms with Crippen molar-refractivity contribution in [3.05, 3.63) is 21.6 Å². The molecule has 0 radical (unpaired) electrons. The van der Waals surface area contributed by atoms with E-state index in [0.717, 1.165) is 12.8 Å². The summed E-state index contributed by atoms with van der Waals surface area (Å²) < 4.78 is 0. The maximum Gasteiger partial charge on any atom is 0.348 e. The van der Waals surface area contributed by atoms with Crippen molar-refractivity contribution in [2.75, 3.05) is 18.1 Å². The van der Waals surface area contributed by atoms with Gasteiger partial charge in [-0.15, -0.1) is 0 Å². The second-order valence-corrected chi connectivity index (χ2v) is 4.10. The number of nitrogens with zero attached hydrogens (tertiary/aromatic N) is 4. The molecule has 0 saturated heterocycles. The molecule has 1 saturated carbocycles. The minimum atomic E-state index is -0.593. The van der Waals surface area contributed by atoms with Crippen LogP contribution in [0.2, 0.25) is 5.15 Å². The molecule has 0 amide bonds. The number of rotatable bonds is 5. The maximum absolute atomic E-state index is 10.9. The van der Waals surface area contributed by atoms with Crippen LogP contribution in [0.3, 0.4) is 0 Å². The summed E-state index contributed by atoms with van der Waals surface area (Å²) in [5.41, 5.74) is -0.297. The van der Waals surface area contributed by atoms with Gasteiger partial charge in [-0.3, -0.25) is 10.1 Å². The van der Waals surface area contributed by atoms with Gasteiger partial charge in [-0.05, 0) is 12.8 Å². The number of aromatic nitrogens is 2. The normalized spacial score (nSPS) is 14.7. The largest absolute Gasteiger partial charge is 0.395 e. The molecule has 17 heavy (non-hydrogen) atoms. The van der Waals surface area contributed by atoms with Crippen molar-refractivity contribution in [1.82, 2.24) is 9.97 Å². The summed E-state index contributed by atoms with van der Waals surface area (Å²) >= 11 is 5.71. The highest BCUT2D eigenvalue weighted by molar-refractivity contribution is 6.31. The fraction of sp³-hybridized carbons (Fsp3) is 0.556. The number of aliphatic hydroxyl groups is 1. The fourth-order valence-corrected chi connectivity index (χ4v) is 1.87. The van der Waals surface area contributed by atoms with Crippen molar-refractivity contribution in [3.63, 3.8) is 0 Å². The van der Waals surface area contributed by atoms with Gasteiger partial charge in [0.1, 0.15) is 6.33 Å². The minimum Gasteiger partial charge on any atom is -0.395 e. The number of nitro groups is 1. The molecule has 0 spiro atoms. The molecule has 1 aromatic heterocycles. The second-order valence-electron chi connectivity index (χ2n) is 3.74. The van der Waals surface area contributed by atoms with Gasteiger partial charge < -0.3 is 10.0 Å². The number of anilines is 1. The first kappa shape index (κ1) is 12.0. The zero-order valence-corrected chi connectivity index (χ0v) is 9.67.